The molecule has 3 rings (SSSR count). The van der Waals surface area contributed by atoms with Gasteiger partial charge in [0.1, 0.15) is 17.8 Å². The predicted octanol–water partition coefficient (Wildman–Crippen LogP) is 2.22. The van der Waals surface area contributed by atoms with Crippen LogP contribution in [-0.2, 0) is 0 Å². The van der Waals surface area contributed by atoms with Crippen LogP contribution in [-0.4, -0.2) is 25.4 Å². The molecule has 21 heavy (non-hydrogen) atoms. The first kappa shape index (κ1) is 13.0. The van der Waals surface area contributed by atoms with Gasteiger partial charge < -0.3 is 5.32 Å². The van der Waals surface area contributed by atoms with Gasteiger partial charge in [-0.2, -0.15) is 0 Å². The van der Waals surface area contributed by atoms with Crippen molar-refractivity contribution < 1.29 is 4.79 Å². The lowest BCUT2D eigenvalue weighted by Crippen LogP contribution is -2.14. The van der Waals surface area contributed by atoms with E-state index in [4.69, 9.17) is 0 Å². The molecular weight excluding hydrogens is 266 g/mol. The largest absolute Gasteiger partial charge is 0.319 e. The monoisotopic (exact) mass is 279 g/mol. The number of amides is 1. The Balaban J connectivity index is 1.75. The van der Waals surface area contributed by atoms with Crippen LogP contribution in [0, 0.1) is 6.92 Å². The van der Waals surface area contributed by atoms with Gasteiger partial charge in [-0.05, 0) is 31.2 Å². The number of rotatable bonds is 3. The Kier molecular flexibility index (Phi) is 3.42. The molecule has 0 aliphatic heterocycles. The Morgan fingerprint density at radius 2 is 2.14 bits per heavy atom. The third-order valence-corrected chi connectivity index (χ3v) is 2.90. The number of nitrogens with one attached hydrogen (secondary N) is 1. The van der Waals surface area contributed by atoms with Crippen molar-refractivity contribution in [2.45, 2.75) is 6.92 Å². The van der Waals surface area contributed by atoms with Gasteiger partial charge in [0.2, 0.25) is 0 Å². The van der Waals surface area contributed by atoms with E-state index in [1.54, 1.807) is 53.8 Å². The molecule has 3 aromatic heterocycles. The Hall–Kier alpha value is -3.02. The van der Waals surface area contributed by atoms with E-state index in [9.17, 15) is 4.79 Å². The lowest BCUT2D eigenvalue weighted by atomic mass is 10.3. The molecule has 6 heteroatoms. The van der Waals surface area contributed by atoms with Gasteiger partial charge in [0.05, 0.1) is 11.9 Å². The predicted molar refractivity (Wildman–Crippen MR) is 78.3 cm³/mol. The first-order chi connectivity index (χ1) is 10.2. The summed E-state index contributed by atoms with van der Waals surface area (Å²) in [5.41, 5.74) is 1.80. The molecule has 3 heterocycles. The summed E-state index contributed by atoms with van der Waals surface area (Å²) in [5.74, 6) is 0.482. The number of pyridine rings is 2. The highest BCUT2D eigenvalue weighted by molar-refractivity contribution is 6.02. The second kappa shape index (κ2) is 5.54. The van der Waals surface area contributed by atoms with Crippen LogP contribution < -0.4 is 5.32 Å². The molecule has 0 bridgehead atoms. The smallest absolute Gasteiger partial charge is 0.274 e. The molecule has 0 saturated carbocycles. The average Bonchev–Trinajstić information content (AvgIpc) is 3.02. The summed E-state index contributed by atoms with van der Waals surface area (Å²) in [5, 5.41) is 2.77. The van der Waals surface area contributed by atoms with Crippen molar-refractivity contribution in [3.8, 4) is 5.82 Å². The number of carbonyl (C=O) groups is 1. The van der Waals surface area contributed by atoms with E-state index in [1.807, 2.05) is 13.0 Å². The number of aryl methyl sites for hydroxylation is 1. The van der Waals surface area contributed by atoms with Gasteiger partial charge in [-0.25, -0.2) is 15.0 Å². The van der Waals surface area contributed by atoms with Crippen molar-refractivity contribution in [1.82, 2.24) is 19.5 Å². The van der Waals surface area contributed by atoms with E-state index >= 15 is 0 Å². The number of imidazole rings is 1. The van der Waals surface area contributed by atoms with Crippen molar-refractivity contribution in [1.29, 1.82) is 0 Å². The molecule has 0 atom stereocenters. The van der Waals surface area contributed by atoms with Crippen LogP contribution in [0.15, 0.2) is 55.2 Å². The molecule has 1 amide bonds. The van der Waals surface area contributed by atoms with Crippen LogP contribution in [0.2, 0.25) is 0 Å². The maximum absolute atomic E-state index is 12.1. The minimum atomic E-state index is -0.254. The van der Waals surface area contributed by atoms with Gasteiger partial charge in [-0.3, -0.25) is 9.36 Å². The number of nitrogens with zero attached hydrogens (tertiary/aromatic N) is 4. The van der Waals surface area contributed by atoms with E-state index in [0.29, 0.717) is 11.4 Å². The quantitative estimate of drug-likeness (QED) is 0.798. The Labute approximate surface area is 121 Å². The number of hydrogen-bond donors (Lipinski definition) is 1. The number of hydrogen-bond acceptors (Lipinski definition) is 4. The molecule has 0 aliphatic carbocycles. The first-order valence-corrected chi connectivity index (χ1v) is 6.42. The molecule has 6 nitrogen and oxygen atoms in total. The third kappa shape index (κ3) is 2.94. The van der Waals surface area contributed by atoms with Crippen molar-refractivity contribution in [2.24, 2.45) is 0 Å². The van der Waals surface area contributed by atoms with Crippen LogP contribution in [0.5, 0.6) is 0 Å². The summed E-state index contributed by atoms with van der Waals surface area (Å²) in [6.07, 6.45) is 6.75. The second-order valence-corrected chi connectivity index (χ2v) is 4.49. The normalized spacial score (nSPS) is 10.3. The standard InChI is InChI=1S/C15H13N5O/c1-11-3-2-4-13(18-11)15(21)19-12-5-6-14(17-9-12)20-8-7-16-10-20/h2-10H,1H3,(H,19,21). The van der Waals surface area contributed by atoms with E-state index < -0.39 is 0 Å². The zero-order chi connectivity index (χ0) is 14.7. The molecule has 104 valence electrons. The summed E-state index contributed by atoms with van der Waals surface area (Å²) in [7, 11) is 0. The van der Waals surface area contributed by atoms with E-state index in [1.165, 1.54) is 0 Å². The molecule has 0 aliphatic rings. The zero-order valence-corrected chi connectivity index (χ0v) is 11.4. The fourth-order valence-corrected chi connectivity index (χ4v) is 1.87. The van der Waals surface area contributed by atoms with E-state index in [-0.39, 0.29) is 5.91 Å². The minimum absolute atomic E-state index is 0.254. The fraction of sp³-hybridized carbons (Fsp3) is 0.0667. The third-order valence-electron chi connectivity index (χ3n) is 2.90. The summed E-state index contributed by atoms with van der Waals surface area (Å²) >= 11 is 0. The molecule has 0 spiro atoms. The molecular formula is C15H13N5O. The van der Waals surface area contributed by atoms with Gasteiger partial charge in [-0.1, -0.05) is 6.07 Å². The van der Waals surface area contributed by atoms with Gasteiger partial charge >= 0.3 is 0 Å². The Bertz CT molecular complexity index is 750. The maximum Gasteiger partial charge on any atom is 0.274 e. The number of carbonyl (C=O) groups excluding carboxylic acids is 1. The van der Waals surface area contributed by atoms with E-state index in [0.717, 1.165) is 11.5 Å². The molecule has 3 aromatic rings. The molecule has 0 saturated heterocycles. The molecule has 0 aromatic carbocycles. The topological polar surface area (TPSA) is 72.7 Å². The number of aromatic nitrogens is 4. The summed E-state index contributed by atoms with van der Waals surface area (Å²) in [4.78, 5) is 24.5. The van der Waals surface area contributed by atoms with Crippen molar-refractivity contribution >= 4 is 11.6 Å². The molecule has 1 N–H and O–H groups in total. The zero-order valence-electron chi connectivity index (χ0n) is 11.4. The minimum Gasteiger partial charge on any atom is -0.319 e. The average molecular weight is 279 g/mol. The summed E-state index contributed by atoms with van der Waals surface area (Å²) in [6.45, 7) is 1.85. The SMILES string of the molecule is Cc1cccc(C(=O)Nc2ccc(-n3ccnc3)nc2)n1. The summed E-state index contributed by atoms with van der Waals surface area (Å²) < 4.78 is 1.79. The first-order valence-electron chi connectivity index (χ1n) is 6.42. The Morgan fingerprint density at radius 1 is 1.24 bits per heavy atom. The van der Waals surface area contributed by atoms with Gasteiger partial charge in [-0.15, -0.1) is 0 Å². The van der Waals surface area contributed by atoms with Crippen LogP contribution in [0.4, 0.5) is 5.69 Å². The highest BCUT2D eigenvalue weighted by Gasteiger charge is 2.08. The lowest BCUT2D eigenvalue weighted by molar-refractivity contribution is 0.102. The van der Waals surface area contributed by atoms with Gasteiger partial charge in [0, 0.05) is 18.1 Å². The molecule has 0 radical (unpaired) electrons. The summed E-state index contributed by atoms with van der Waals surface area (Å²) in [6, 6.07) is 8.92. The van der Waals surface area contributed by atoms with Crippen molar-refractivity contribution in [2.75, 3.05) is 5.32 Å². The molecule has 0 unspecified atom stereocenters. The highest BCUT2D eigenvalue weighted by Crippen LogP contribution is 2.11. The van der Waals surface area contributed by atoms with Crippen LogP contribution in [0.3, 0.4) is 0 Å². The van der Waals surface area contributed by atoms with Crippen LogP contribution in [0.25, 0.3) is 5.82 Å². The number of anilines is 1. The lowest BCUT2D eigenvalue weighted by Gasteiger charge is -2.06. The molecule has 0 fully saturated rings. The van der Waals surface area contributed by atoms with Gasteiger partial charge in [0.15, 0.2) is 0 Å². The maximum atomic E-state index is 12.1. The van der Waals surface area contributed by atoms with Crippen LogP contribution in [0.1, 0.15) is 16.2 Å². The van der Waals surface area contributed by atoms with E-state index in [2.05, 4.69) is 20.3 Å². The highest BCUT2D eigenvalue weighted by atomic mass is 16.1. The van der Waals surface area contributed by atoms with Gasteiger partial charge in [0.25, 0.3) is 5.91 Å². The second-order valence-electron chi connectivity index (χ2n) is 4.49. The van der Waals surface area contributed by atoms with Crippen molar-refractivity contribution in [3.05, 3.63) is 66.6 Å². The van der Waals surface area contributed by atoms with Crippen molar-refractivity contribution in [3.63, 3.8) is 0 Å². The fourth-order valence-electron chi connectivity index (χ4n) is 1.87. The van der Waals surface area contributed by atoms with Crippen LogP contribution >= 0.6 is 0 Å². The Morgan fingerprint density at radius 3 is 2.81 bits per heavy atom.